The van der Waals surface area contributed by atoms with E-state index < -0.39 is 5.82 Å². The van der Waals surface area contributed by atoms with Crippen LogP contribution in [0.2, 0.25) is 0 Å². The van der Waals surface area contributed by atoms with Crippen LogP contribution in [0, 0.1) is 5.82 Å². The van der Waals surface area contributed by atoms with Crippen molar-refractivity contribution in [2.45, 2.75) is 6.92 Å². The lowest BCUT2D eigenvalue weighted by Crippen LogP contribution is -2.22. The summed E-state index contributed by atoms with van der Waals surface area (Å²) in [6, 6.07) is 11.8. The smallest absolute Gasteiger partial charge is 0.243 e. The Balaban J connectivity index is 1.95. The van der Waals surface area contributed by atoms with Crippen LogP contribution in [0.3, 0.4) is 0 Å². The Hall–Kier alpha value is -2.08. The number of nitrogens with one attached hydrogen (secondary N) is 2. The summed E-state index contributed by atoms with van der Waals surface area (Å²) in [6.07, 6.45) is 0. The first-order chi connectivity index (χ1) is 10.6. The number of carbonyl (C=O) groups is 1. The van der Waals surface area contributed by atoms with Crippen molar-refractivity contribution in [1.29, 1.82) is 0 Å². The summed E-state index contributed by atoms with van der Waals surface area (Å²) >= 11 is 3.17. The Morgan fingerprint density at radius 2 is 2.00 bits per heavy atom. The third-order valence-corrected chi connectivity index (χ3v) is 3.32. The summed E-state index contributed by atoms with van der Waals surface area (Å²) in [5.74, 6) is -0.155. The monoisotopic (exact) mass is 366 g/mol. The molecule has 22 heavy (non-hydrogen) atoms. The Morgan fingerprint density at radius 1 is 1.23 bits per heavy atom. The molecule has 6 heteroatoms. The van der Waals surface area contributed by atoms with E-state index >= 15 is 0 Å². The van der Waals surface area contributed by atoms with Gasteiger partial charge in [-0.15, -0.1) is 0 Å². The quantitative estimate of drug-likeness (QED) is 0.810. The van der Waals surface area contributed by atoms with Crippen molar-refractivity contribution in [2.24, 2.45) is 0 Å². The van der Waals surface area contributed by atoms with Gasteiger partial charge < -0.3 is 15.4 Å². The molecule has 2 aromatic rings. The first kappa shape index (κ1) is 16.3. The van der Waals surface area contributed by atoms with Crippen LogP contribution >= 0.6 is 15.9 Å². The Morgan fingerprint density at radius 3 is 2.73 bits per heavy atom. The zero-order valence-electron chi connectivity index (χ0n) is 12.0. The van der Waals surface area contributed by atoms with E-state index in [9.17, 15) is 9.18 Å². The number of para-hydroxylation sites is 2. The highest BCUT2D eigenvalue weighted by Gasteiger charge is 2.08. The molecule has 4 nitrogen and oxygen atoms in total. The Labute approximate surface area is 136 Å². The van der Waals surface area contributed by atoms with Crippen molar-refractivity contribution in [3.8, 4) is 5.75 Å². The molecule has 0 spiro atoms. The first-order valence-electron chi connectivity index (χ1n) is 6.80. The molecule has 0 atom stereocenters. The van der Waals surface area contributed by atoms with Crippen LogP contribution in [0.25, 0.3) is 0 Å². The van der Waals surface area contributed by atoms with Crippen LogP contribution in [0.5, 0.6) is 5.75 Å². The topological polar surface area (TPSA) is 50.4 Å². The lowest BCUT2D eigenvalue weighted by molar-refractivity contribution is -0.114. The molecular formula is C16H16BrFN2O2. The summed E-state index contributed by atoms with van der Waals surface area (Å²) < 4.78 is 19.7. The molecule has 0 fully saturated rings. The lowest BCUT2D eigenvalue weighted by Gasteiger charge is -2.12. The average Bonchev–Trinajstić information content (AvgIpc) is 2.49. The largest absolute Gasteiger partial charge is 0.492 e. The molecule has 0 heterocycles. The van der Waals surface area contributed by atoms with Crippen molar-refractivity contribution in [1.82, 2.24) is 0 Å². The molecule has 0 bridgehead atoms. The number of hydrogen-bond acceptors (Lipinski definition) is 3. The second-order valence-corrected chi connectivity index (χ2v) is 5.37. The van der Waals surface area contributed by atoms with E-state index in [4.69, 9.17) is 4.74 Å². The van der Waals surface area contributed by atoms with E-state index in [1.165, 1.54) is 12.1 Å². The Kier molecular flexibility index (Phi) is 5.77. The fraction of sp³-hybridized carbons (Fsp3) is 0.188. The van der Waals surface area contributed by atoms with Gasteiger partial charge in [0.1, 0.15) is 11.6 Å². The maximum Gasteiger partial charge on any atom is 0.243 e. The molecule has 2 N–H and O–H groups in total. The molecule has 116 valence electrons. The van der Waals surface area contributed by atoms with Gasteiger partial charge in [-0.05, 0) is 37.3 Å². The summed E-state index contributed by atoms with van der Waals surface area (Å²) in [6.45, 7) is 2.44. The number of hydrogen-bond donors (Lipinski definition) is 2. The molecule has 0 radical (unpaired) electrons. The van der Waals surface area contributed by atoms with Gasteiger partial charge in [0, 0.05) is 4.47 Å². The fourth-order valence-corrected chi connectivity index (χ4v) is 2.19. The van der Waals surface area contributed by atoms with Crippen LogP contribution in [-0.2, 0) is 4.79 Å². The van der Waals surface area contributed by atoms with Crippen LogP contribution in [0.4, 0.5) is 15.8 Å². The second-order valence-electron chi connectivity index (χ2n) is 4.46. The number of anilines is 2. The zero-order valence-corrected chi connectivity index (χ0v) is 13.6. The normalized spacial score (nSPS) is 10.1. The van der Waals surface area contributed by atoms with E-state index in [2.05, 4.69) is 26.6 Å². The van der Waals surface area contributed by atoms with Crippen molar-refractivity contribution < 1.29 is 13.9 Å². The number of ether oxygens (including phenoxy) is 1. The average molecular weight is 367 g/mol. The van der Waals surface area contributed by atoms with Crippen LogP contribution < -0.4 is 15.4 Å². The van der Waals surface area contributed by atoms with Crippen LogP contribution in [-0.4, -0.2) is 19.1 Å². The van der Waals surface area contributed by atoms with Gasteiger partial charge in [0.05, 0.1) is 24.5 Å². The van der Waals surface area contributed by atoms with Gasteiger partial charge in [-0.2, -0.15) is 0 Å². The van der Waals surface area contributed by atoms with Gasteiger partial charge in [0.2, 0.25) is 5.91 Å². The van der Waals surface area contributed by atoms with Gasteiger partial charge in [0.25, 0.3) is 0 Å². The number of carbonyl (C=O) groups excluding carboxylic acids is 1. The fourth-order valence-electron chi connectivity index (χ4n) is 1.85. The maximum atomic E-state index is 13.7. The van der Waals surface area contributed by atoms with Crippen LogP contribution in [0.15, 0.2) is 46.9 Å². The van der Waals surface area contributed by atoms with Gasteiger partial charge in [-0.25, -0.2) is 4.39 Å². The molecule has 0 saturated heterocycles. The molecule has 2 aromatic carbocycles. The minimum absolute atomic E-state index is 0.0135. The predicted octanol–water partition coefficient (Wildman–Crippen LogP) is 4.04. The standard InChI is InChI=1S/C16H16BrFN2O2/c1-2-22-15-6-4-3-5-14(15)19-10-16(21)20-13-8-7-11(17)9-12(13)18/h3-9,19H,2,10H2,1H3,(H,20,21). The third kappa shape index (κ3) is 4.46. The van der Waals surface area contributed by atoms with Crippen molar-refractivity contribution in [2.75, 3.05) is 23.8 Å². The molecule has 2 rings (SSSR count). The lowest BCUT2D eigenvalue weighted by atomic mass is 10.3. The predicted molar refractivity (Wildman–Crippen MR) is 88.8 cm³/mol. The zero-order chi connectivity index (χ0) is 15.9. The van der Waals surface area contributed by atoms with Crippen molar-refractivity contribution in [3.63, 3.8) is 0 Å². The third-order valence-electron chi connectivity index (χ3n) is 2.83. The van der Waals surface area contributed by atoms with Gasteiger partial charge >= 0.3 is 0 Å². The number of halogens is 2. The van der Waals surface area contributed by atoms with E-state index in [0.717, 1.165) is 5.69 Å². The minimum atomic E-state index is -0.488. The molecule has 0 aliphatic carbocycles. The summed E-state index contributed by atoms with van der Waals surface area (Å²) in [5.41, 5.74) is 0.865. The highest BCUT2D eigenvalue weighted by atomic mass is 79.9. The molecular weight excluding hydrogens is 351 g/mol. The number of amides is 1. The van der Waals surface area contributed by atoms with Crippen LogP contribution in [0.1, 0.15) is 6.92 Å². The van der Waals surface area contributed by atoms with Crippen molar-refractivity contribution >= 4 is 33.2 Å². The van der Waals surface area contributed by atoms with E-state index in [1.807, 2.05) is 31.2 Å². The molecule has 0 aliphatic rings. The molecule has 0 saturated carbocycles. The van der Waals surface area contributed by atoms with E-state index in [0.29, 0.717) is 16.8 Å². The first-order valence-corrected chi connectivity index (χ1v) is 7.60. The molecule has 0 aliphatic heterocycles. The van der Waals surface area contributed by atoms with Gasteiger partial charge in [0.15, 0.2) is 0 Å². The number of rotatable bonds is 6. The SMILES string of the molecule is CCOc1ccccc1NCC(=O)Nc1ccc(Br)cc1F. The number of benzene rings is 2. The van der Waals surface area contributed by atoms with Crippen molar-refractivity contribution in [3.05, 3.63) is 52.8 Å². The molecule has 0 unspecified atom stereocenters. The molecule has 1 amide bonds. The summed E-state index contributed by atoms with van der Waals surface area (Å²) in [5, 5.41) is 5.50. The Bertz CT molecular complexity index is 664. The second kappa shape index (κ2) is 7.79. The van der Waals surface area contributed by atoms with Gasteiger partial charge in [-0.3, -0.25) is 4.79 Å². The highest BCUT2D eigenvalue weighted by molar-refractivity contribution is 9.10. The van der Waals surface area contributed by atoms with Gasteiger partial charge in [-0.1, -0.05) is 28.1 Å². The minimum Gasteiger partial charge on any atom is -0.492 e. The summed E-state index contributed by atoms with van der Waals surface area (Å²) in [7, 11) is 0. The van der Waals surface area contributed by atoms with E-state index in [1.54, 1.807) is 6.07 Å². The van der Waals surface area contributed by atoms with E-state index in [-0.39, 0.29) is 18.1 Å². The highest BCUT2D eigenvalue weighted by Crippen LogP contribution is 2.23. The molecule has 0 aromatic heterocycles. The maximum absolute atomic E-state index is 13.7. The summed E-state index contributed by atoms with van der Waals surface area (Å²) in [4.78, 5) is 11.9.